The Labute approximate surface area is 119 Å². The summed E-state index contributed by atoms with van der Waals surface area (Å²) in [6, 6.07) is 10.8. The number of rotatable bonds is 3. The van der Waals surface area contributed by atoms with Crippen LogP contribution in [0.15, 0.2) is 35.1 Å². The van der Waals surface area contributed by atoms with E-state index in [4.69, 9.17) is 0 Å². The Balaban J connectivity index is 1.94. The lowest BCUT2D eigenvalue weighted by Gasteiger charge is -2.28. The van der Waals surface area contributed by atoms with E-state index >= 15 is 0 Å². The van der Waals surface area contributed by atoms with Crippen LogP contribution < -0.4 is 5.56 Å². The number of aromatic nitrogens is 2. The molecule has 1 unspecified atom stereocenters. The molecule has 0 saturated carbocycles. The molecule has 0 amide bonds. The first kappa shape index (κ1) is 13.2. The first-order valence-electron chi connectivity index (χ1n) is 7.13. The summed E-state index contributed by atoms with van der Waals surface area (Å²) >= 11 is 0. The summed E-state index contributed by atoms with van der Waals surface area (Å²) in [6.07, 6.45) is 0. The molecule has 0 aliphatic carbocycles. The van der Waals surface area contributed by atoms with Gasteiger partial charge in [-0.3, -0.25) is 19.5 Å². The molecule has 0 spiro atoms. The number of aryl methyl sites for hydroxylation is 1. The number of hydrogen-bond acceptors (Lipinski definition) is 2. The van der Waals surface area contributed by atoms with Crippen molar-refractivity contribution in [3.05, 3.63) is 57.5 Å². The third-order valence-corrected chi connectivity index (χ3v) is 4.11. The maximum Gasteiger partial charge on any atom is 0.268 e. The van der Waals surface area contributed by atoms with Crippen molar-refractivity contribution in [3.8, 4) is 0 Å². The third kappa shape index (κ3) is 2.10. The number of benzene rings is 1. The highest BCUT2D eigenvalue weighted by molar-refractivity contribution is 5.28. The van der Waals surface area contributed by atoms with Gasteiger partial charge in [-0.15, -0.1) is 0 Å². The molecule has 1 aromatic carbocycles. The monoisotopic (exact) mass is 271 g/mol. The van der Waals surface area contributed by atoms with Gasteiger partial charge in [0.15, 0.2) is 0 Å². The van der Waals surface area contributed by atoms with Gasteiger partial charge in [0, 0.05) is 20.1 Å². The van der Waals surface area contributed by atoms with Gasteiger partial charge in [0.05, 0.1) is 17.3 Å². The van der Waals surface area contributed by atoms with Crippen molar-refractivity contribution in [2.24, 2.45) is 13.0 Å². The van der Waals surface area contributed by atoms with Gasteiger partial charge >= 0.3 is 0 Å². The molecule has 3 rings (SSSR count). The minimum atomic E-state index is 0.0590. The zero-order valence-electron chi connectivity index (χ0n) is 12.3. The first-order chi connectivity index (χ1) is 9.58. The molecule has 2 aromatic rings. The fourth-order valence-electron chi connectivity index (χ4n) is 3.31. The zero-order chi connectivity index (χ0) is 14.3. The minimum Gasteiger partial charge on any atom is -0.290 e. The van der Waals surface area contributed by atoms with E-state index < -0.39 is 0 Å². The molecule has 0 bridgehead atoms. The summed E-state index contributed by atoms with van der Waals surface area (Å²) in [5.74, 6) is 0.473. The molecule has 20 heavy (non-hydrogen) atoms. The summed E-state index contributed by atoms with van der Waals surface area (Å²) in [5, 5.41) is 2.88. The molecule has 0 radical (unpaired) electrons. The van der Waals surface area contributed by atoms with Crippen LogP contribution >= 0.6 is 0 Å². The van der Waals surface area contributed by atoms with Gasteiger partial charge in [-0.25, -0.2) is 0 Å². The van der Waals surface area contributed by atoms with Gasteiger partial charge in [0.1, 0.15) is 0 Å². The molecule has 1 aliphatic heterocycles. The molecular weight excluding hydrogens is 250 g/mol. The van der Waals surface area contributed by atoms with E-state index in [0.29, 0.717) is 12.0 Å². The molecule has 1 aliphatic rings. The van der Waals surface area contributed by atoms with Crippen LogP contribution in [0.1, 0.15) is 36.7 Å². The highest BCUT2D eigenvalue weighted by Crippen LogP contribution is 2.37. The molecule has 1 N–H and O–H groups in total. The van der Waals surface area contributed by atoms with Crippen LogP contribution in [0.4, 0.5) is 0 Å². The molecule has 4 heteroatoms. The van der Waals surface area contributed by atoms with Crippen molar-refractivity contribution >= 4 is 0 Å². The van der Waals surface area contributed by atoms with Crippen molar-refractivity contribution in [1.82, 2.24) is 14.7 Å². The van der Waals surface area contributed by atoms with E-state index in [1.807, 2.05) is 17.8 Å². The average Bonchev–Trinajstić information content (AvgIpc) is 2.90. The summed E-state index contributed by atoms with van der Waals surface area (Å²) in [6.45, 7) is 6.06. The molecule has 1 atom stereocenters. The maximum absolute atomic E-state index is 12.0. The average molecular weight is 271 g/mol. The number of H-pyrrole nitrogens is 1. The topological polar surface area (TPSA) is 41.0 Å². The summed E-state index contributed by atoms with van der Waals surface area (Å²) in [7, 11) is 1.93. The van der Waals surface area contributed by atoms with Gasteiger partial charge in [0.2, 0.25) is 0 Å². The molecule has 4 nitrogen and oxygen atoms in total. The predicted octanol–water partition coefficient (Wildman–Crippen LogP) is 2.43. The molecule has 1 aromatic heterocycles. The highest BCUT2D eigenvalue weighted by atomic mass is 16.1. The molecule has 106 valence electrons. The Morgan fingerprint density at radius 1 is 1.30 bits per heavy atom. The van der Waals surface area contributed by atoms with Crippen LogP contribution in [0.2, 0.25) is 0 Å². The highest BCUT2D eigenvalue weighted by Gasteiger charge is 2.36. The van der Waals surface area contributed by atoms with E-state index in [1.165, 1.54) is 5.56 Å². The lowest BCUT2D eigenvalue weighted by Crippen LogP contribution is -2.28. The summed E-state index contributed by atoms with van der Waals surface area (Å²) < 4.78 is 1.90. The first-order valence-corrected chi connectivity index (χ1v) is 7.13. The smallest absolute Gasteiger partial charge is 0.268 e. The Morgan fingerprint density at radius 3 is 2.65 bits per heavy atom. The summed E-state index contributed by atoms with van der Waals surface area (Å²) in [4.78, 5) is 14.4. The largest absolute Gasteiger partial charge is 0.290 e. The van der Waals surface area contributed by atoms with Crippen LogP contribution in [0, 0.1) is 5.92 Å². The van der Waals surface area contributed by atoms with E-state index in [2.05, 4.69) is 48.1 Å². The molecule has 0 fully saturated rings. The number of aromatic amines is 1. The van der Waals surface area contributed by atoms with Gasteiger partial charge in [-0.2, -0.15) is 0 Å². The third-order valence-electron chi connectivity index (χ3n) is 4.11. The Hall–Kier alpha value is -1.81. The van der Waals surface area contributed by atoms with Crippen molar-refractivity contribution in [2.45, 2.75) is 33.0 Å². The normalized spacial score (nSPS) is 18.7. The molecule has 2 heterocycles. The predicted molar refractivity (Wildman–Crippen MR) is 79.3 cm³/mol. The van der Waals surface area contributed by atoms with Crippen LogP contribution in [0.25, 0.3) is 0 Å². The standard InChI is InChI=1S/C16H21N3O/c1-11(2)14-15-13(16(20)17-18(15)3)10-19(14)9-12-7-5-4-6-8-12/h4-8,11,14H,9-10H2,1-3H3,(H,17,20). The van der Waals surface area contributed by atoms with Crippen molar-refractivity contribution in [3.63, 3.8) is 0 Å². The lowest BCUT2D eigenvalue weighted by molar-refractivity contribution is 0.156. The fourth-order valence-corrected chi connectivity index (χ4v) is 3.31. The summed E-state index contributed by atoms with van der Waals surface area (Å²) in [5.41, 5.74) is 3.44. The fraction of sp³-hybridized carbons (Fsp3) is 0.438. The van der Waals surface area contributed by atoms with Crippen LogP contribution in [-0.4, -0.2) is 14.7 Å². The number of hydrogen-bond donors (Lipinski definition) is 1. The molecular formula is C16H21N3O. The lowest BCUT2D eigenvalue weighted by atomic mass is 10.0. The van der Waals surface area contributed by atoms with Gasteiger partial charge < -0.3 is 0 Å². The second-order valence-electron chi connectivity index (χ2n) is 5.94. The van der Waals surface area contributed by atoms with E-state index in [0.717, 1.165) is 24.3 Å². The van der Waals surface area contributed by atoms with Crippen molar-refractivity contribution < 1.29 is 0 Å². The van der Waals surface area contributed by atoms with E-state index in [9.17, 15) is 4.79 Å². The Kier molecular flexibility index (Phi) is 3.26. The van der Waals surface area contributed by atoms with E-state index in [-0.39, 0.29) is 5.56 Å². The minimum absolute atomic E-state index is 0.0590. The number of nitrogens with zero attached hydrogens (tertiary/aromatic N) is 2. The second-order valence-corrected chi connectivity index (χ2v) is 5.94. The quantitative estimate of drug-likeness (QED) is 0.931. The zero-order valence-corrected chi connectivity index (χ0v) is 12.3. The van der Waals surface area contributed by atoms with Gasteiger partial charge in [0.25, 0.3) is 5.56 Å². The van der Waals surface area contributed by atoms with Gasteiger partial charge in [-0.1, -0.05) is 44.2 Å². The SMILES string of the molecule is CC(C)C1c2c(c(=O)[nH]n2C)CN1Cc1ccccc1. The van der Waals surface area contributed by atoms with Gasteiger partial charge in [-0.05, 0) is 11.5 Å². The van der Waals surface area contributed by atoms with Crippen LogP contribution in [0.3, 0.4) is 0 Å². The van der Waals surface area contributed by atoms with Crippen LogP contribution in [0.5, 0.6) is 0 Å². The Morgan fingerprint density at radius 2 is 2.00 bits per heavy atom. The number of nitrogens with one attached hydrogen (secondary N) is 1. The Bertz CT molecular complexity index is 654. The maximum atomic E-state index is 12.0. The van der Waals surface area contributed by atoms with E-state index in [1.54, 1.807) is 0 Å². The van der Waals surface area contributed by atoms with Crippen molar-refractivity contribution in [1.29, 1.82) is 0 Å². The molecule has 0 saturated heterocycles. The van der Waals surface area contributed by atoms with Crippen molar-refractivity contribution in [2.75, 3.05) is 0 Å². The second kappa shape index (κ2) is 4.94. The number of fused-ring (bicyclic) bond motifs is 1. The van der Waals surface area contributed by atoms with Crippen LogP contribution in [-0.2, 0) is 20.1 Å².